The summed E-state index contributed by atoms with van der Waals surface area (Å²) in [6.45, 7) is 9.47. The van der Waals surface area contributed by atoms with Crippen LogP contribution < -0.4 is 16.0 Å². The van der Waals surface area contributed by atoms with Crippen LogP contribution in [0.25, 0.3) is 0 Å². The average Bonchev–Trinajstić information content (AvgIpc) is 2.18. The highest BCUT2D eigenvalue weighted by Gasteiger charge is 2.35. The van der Waals surface area contributed by atoms with Crippen LogP contribution in [-0.4, -0.2) is 24.9 Å². The summed E-state index contributed by atoms with van der Waals surface area (Å²) >= 11 is 0. The van der Waals surface area contributed by atoms with Crippen LogP contribution in [0.1, 0.15) is 33.1 Å². The predicted octanol–water partition coefficient (Wildman–Crippen LogP) is 1.19. The maximum atomic E-state index is 4.14. The van der Waals surface area contributed by atoms with Crippen molar-refractivity contribution in [2.75, 3.05) is 6.67 Å². The number of hydrogen-bond donors (Lipinski definition) is 3. The second-order valence-corrected chi connectivity index (χ2v) is 5.15. The minimum atomic E-state index is 0.452. The third-order valence-corrected chi connectivity index (χ3v) is 3.48. The Hall–Kier alpha value is -0.380. The molecular formula is C12H23N3. The summed E-state index contributed by atoms with van der Waals surface area (Å²) < 4.78 is 0. The first kappa shape index (κ1) is 11.1. The summed E-state index contributed by atoms with van der Waals surface area (Å²) in [7, 11) is 0. The van der Waals surface area contributed by atoms with Crippen molar-refractivity contribution in [1.29, 1.82) is 0 Å². The third-order valence-electron chi connectivity index (χ3n) is 3.48. The molecule has 2 fully saturated rings. The van der Waals surface area contributed by atoms with E-state index in [0.717, 1.165) is 13.1 Å². The van der Waals surface area contributed by atoms with Gasteiger partial charge >= 0.3 is 0 Å². The van der Waals surface area contributed by atoms with Crippen molar-refractivity contribution in [2.24, 2.45) is 5.92 Å². The van der Waals surface area contributed by atoms with Crippen molar-refractivity contribution in [1.82, 2.24) is 16.0 Å². The second-order valence-electron chi connectivity index (χ2n) is 5.15. The molecule has 3 atom stereocenters. The minimum Gasteiger partial charge on any atom is -0.301 e. The molecule has 0 aromatic heterocycles. The summed E-state index contributed by atoms with van der Waals surface area (Å²) in [5.41, 5.74) is 1.41. The highest BCUT2D eigenvalue weighted by molar-refractivity contribution is 5.07. The fourth-order valence-corrected chi connectivity index (χ4v) is 2.75. The Morgan fingerprint density at radius 2 is 2.20 bits per heavy atom. The standard InChI is InChI=1S/C12H23N3/c1-8(2)15-12-10-6-9(3)4-5-11(10)13-7-14-12/h8,10-15H,3-7H2,1-2H3. The highest BCUT2D eigenvalue weighted by atomic mass is 15.2. The van der Waals surface area contributed by atoms with E-state index in [2.05, 4.69) is 36.4 Å². The molecule has 0 aromatic carbocycles. The van der Waals surface area contributed by atoms with E-state index >= 15 is 0 Å². The Kier molecular flexibility index (Phi) is 3.44. The van der Waals surface area contributed by atoms with E-state index in [9.17, 15) is 0 Å². The molecule has 0 aromatic rings. The molecule has 0 bridgehead atoms. The quantitative estimate of drug-likeness (QED) is 0.598. The molecule has 86 valence electrons. The van der Waals surface area contributed by atoms with Gasteiger partial charge in [0.05, 0.1) is 6.17 Å². The van der Waals surface area contributed by atoms with Crippen molar-refractivity contribution in [3.63, 3.8) is 0 Å². The second kappa shape index (κ2) is 4.64. The molecule has 2 aliphatic rings. The zero-order valence-electron chi connectivity index (χ0n) is 9.84. The fraction of sp³-hybridized carbons (Fsp3) is 0.833. The lowest BCUT2D eigenvalue weighted by Gasteiger charge is -2.44. The van der Waals surface area contributed by atoms with E-state index in [1.807, 2.05) is 0 Å². The molecule has 3 heteroatoms. The molecule has 1 saturated carbocycles. The van der Waals surface area contributed by atoms with Crippen LogP contribution in [0.3, 0.4) is 0 Å². The van der Waals surface area contributed by atoms with E-state index in [-0.39, 0.29) is 0 Å². The summed E-state index contributed by atoms with van der Waals surface area (Å²) in [4.78, 5) is 0. The van der Waals surface area contributed by atoms with Crippen molar-refractivity contribution >= 4 is 0 Å². The number of fused-ring (bicyclic) bond motifs is 1. The van der Waals surface area contributed by atoms with Gasteiger partial charge in [0.1, 0.15) is 0 Å². The number of nitrogens with one attached hydrogen (secondary N) is 3. The fourth-order valence-electron chi connectivity index (χ4n) is 2.75. The van der Waals surface area contributed by atoms with Crippen LogP contribution in [0.2, 0.25) is 0 Å². The lowest BCUT2D eigenvalue weighted by Crippen LogP contribution is -2.64. The van der Waals surface area contributed by atoms with Gasteiger partial charge in [-0.1, -0.05) is 12.2 Å². The van der Waals surface area contributed by atoms with Crippen LogP contribution in [0.15, 0.2) is 12.2 Å². The smallest absolute Gasteiger partial charge is 0.0630 e. The maximum absolute atomic E-state index is 4.14. The van der Waals surface area contributed by atoms with E-state index in [1.54, 1.807) is 0 Å². The predicted molar refractivity (Wildman–Crippen MR) is 63.5 cm³/mol. The van der Waals surface area contributed by atoms with E-state index in [4.69, 9.17) is 0 Å². The van der Waals surface area contributed by atoms with Crippen molar-refractivity contribution in [2.45, 2.75) is 51.4 Å². The molecule has 2 rings (SSSR count). The summed E-state index contributed by atoms with van der Waals surface area (Å²) in [5.74, 6) is 0.669. The Labute approximate surface area is 92.7 Å². The maximum Gasteiger partial charge on any atom is 0.0630 e. The van der Waals surface area contributed by atoms with Crippen molar-refractivity contribution in [3.05, 3.63) is 12.2 Å². The lowest BCUT2D eigenvalue weighted by molar-refractivity contribution is 0.150. The minimum absolute atomic E-state index is 0.452. The van der Waals surface area contributed by atoms with Crippen LogP contribution in [0.5, 0.6) is 0 Å². The van der Waals surface area contributed by atoms with E-state index < -0.39 is 0 Å². The summed E-state index contributed by atoms with van der Waals surface area (Å²) in [5, 5.41) is 10.7. The van der Waals surface area contributed by atoms with Gasteiger partial charge in [-0.25, -0.2) is 0 Å². The van der Waals surface area contributed by atoms with Crippen LogP contribution in [0.4, 0.5) is 0 Å². The zero-order chi connectivity index (χ0) is 10.8. The number of rotatable bonds is 2. The van der Waals surface area contributed by atoms with Crippen LogP contribution in [-0.2, 0) is 0 Å². The third kappa shape index (κ3) is 2.60. The normalized spacial score (nSPS) is 36.7. The molecular weight excluding hydrogens is 186 g/mol. The van der Waals surface area contributed by atoms with Crippen molar-refractivity contribution in [3.8, 4) is 0 Å². The van der Waals surface area contributed by atoms with Gasteiger partial charge < -0.3 is 5.32 Å². The summed E-state index contributed by atoms with van der Waals surface area (Å²) in [6.07, 6.45) is 4.06. The van der Waals surface area contributed by atoms with Crippen LogP contribution >= 0.6 is 0 Å². The zero-order valence-corrected chi connectivity index (χ0v) is 9.84. The van der Waals surface area contributed by atoms with Crippen molar-refractivity contribution < 1.29 is 0 Å². The lowest BCUT2D eigenvalue weighted by atomic mass is 9.79. The molecule has 1 saturated heterocycles. The van der Waals surface area contributed by atoms with Gasteiger partial charge in [-0.3, -0.25) is 10.6 Å². The van der Waals surface area contributed by atoms with Gasteiger partial charge in [0.25, 0.3) is 0 Å². The molecule has 1 aliphatic heterocycles. The molecule has 3 N–H and O–H groups in total. The highest BCUT2D eigenvalue weighted by Crippen LogP contribution is 2.30. The molecule has 1 aliphatic carbocycles. The molecule has 1 heterocycles. The van der Waals surface area contributed by atoms with Gasteiger partial charge in [-0.2, -0.15) is 0 Å². The first-order valence-electron chi connectivity index (χ1n) is 6.06. The topological polar surface area (TPSA) is 36.1 Å². The molecule has 0 radical (unpaired) electrons. The first-order chi connectivity index (χ1) is 7.16. The SMILES string of the molecule is C=C1CCC2NCNC(NC(C)C)C2C1. The van der Waals surface area contributed by atoms with Gasteiger partial charge in [-0.15, -0.1) is 0 Å². The number of allylic oxidation sites excluding steroid dienone is 1. The summed E-state index contributed by atoms with van der Waals surface area (Å²) in [6, 6.07) is 1.21. The Morgan fingerprint density at radius 1 is 1.40 bits per heavy atom. The van der Waals surface area contributed by atoms with Gasteiger partial charge in [-0.05, 0) is 33.1 Å². The average molecular weight is 209 g/mol. The van der Waals surface area contributed by atoms with Gasteiger partial charge in [0.15, 0.2) is 0 Å². The van der Waals surface area contributed by atoms with Gasteiger partial charge in [0.2, 0.25) is 0 Å². The number of hydrogen-bond acceptors (Lipinski definition) is 3. The molecule has 3 unspecified atom stereocenters. The molecule has 15 heavy (non-hydrogen) atoms. The molecule has 3 nitrogen and oxygen atoms in total. The first-order valence-corrected chi connectivity index (χ1v) is 6.06. The Morgan fingerprint density at radius 3 is 2.93 bits per heavy atom. The van der Waals surface area contributed by atoms with Crippen LogP contribution in [0, 0.1) is 5.92 Å². The van der Waals surface area contributed by atoms with Gasteiger partial charge in [0, 0.05) is 24.7 Å². The van der Waals surface area contributed by atoms with E-state index in [0.29, 0.717) is 24.2 Å². The van der Waals surface area contributed by atoms with E-state index in [1.165, 1.54) is 18.4 Å². The Balaban J connectivity index is 2.00. The largest absolute Gasteiger partial charge is 0.301 e. The Bertz CT molecular complexity index is 237. The monoisotopic (exact) mass is 209 g/mol. The molecule has 0 amide bonds. The molecule has 0 spiro atoms.